The first-order valence-corrected chi connectivity index (χ1v) is 9.34. The summed E-state index contributed by atoms with van der Waals surface area (Å²) in [6.45, 7) is 0. The number of carbonyl (C=O) groups is 3. The Morgan fingerprint density at radius 3 is 1.56 bits per heavy atom. The number of hydrogen-bond donors (Lipinski definition) is 2. The van der Waals surface area contributed by atoms with Crippen LogP contribution in [0.25, 0.3) is 0 Å². The van der Waals surface area contributed by atoms with Crippen molar-refractivity contribution in [2.24, 2.45) is 0 Å². The number of amides is 2. The molecule has 0 aliphatic heterocycles. The first kappa shape index (κ1) is 26.0. The van der Waals surface area contributed by atoms with E-state index in [2.05, 4.69) is 22.5 Å². The van der Waals surface area contributed by atoms with Gasteiger partial charge in [0.15, 0.2) is 0 Å². The molecule has 0 aliphatic rings. The Morgan fingerprint density at radius 2 is 1.18 bits per heavy atom. The summed E-state index contributed by atoms with van der Waals surface area (Å²) in [5, 5.41) is 16.1. The standard InChI is InChI=1S/C25H16N2O6.Na/c1-3-16-7-5-9-21(11-16)32-24(30)26-19-13-18(23(28)29)14-20(15-19)27-25(31)33-22-10-6-8-17(4-2)12-22;/h1-2,5-15H,(H,26,30)(H,27,31)(H,28,29);/q;+1/p-1. The Morgan fingerprint density at radius 1 is 0.735 bits per heavy atom. The predicted molar refractivity (Wildman–Crippen MR) is 119 cm³/mol. The number of carboxylic acid groups (broad SMARTS) is 1. The van der Waals surface area contributed by atoms with E-state index in [1.54, 1.807) is 24.3 Å². The van der Waals surface area contributed by atoms with Gasteiger partial charge in [-0.2, -0.15) is 0 Å². The van der Waals surface area contributed by atoms with Crippen molar-refractivity contribution in [2.75, 3.05) is 10.6 Å². The molecule has 0 aromatic heterocycles. The van der Waals surface area contributed by atoms with Crippen LogP contribution in [0.5, 0.6) is 11.5 Å². The Hall–Kier alpha value is -4.21. The van der Waals surface area contributed by atoms with Crippen LogP contribution in [0.15, 0.2) is 66.7 Å². The van der Waals surface area contributed by atoms with Gasteiger partial charge in [-0.05, 0) is 54.6 Å². The van der Waals surface area contributed by atoms with Gasteiger partial charge in [0, 0.05) is 28.1 Å². The van der Waals surface area contributed by atoms with Crippen LogP contribution < -0.4 is 54.8 Å². The third kappa shape index (κ3) is 7.44. The average Bonchev–Trinajstić information content (AvgIpc) is 2.78. The molecule has 0 radical (unpaired) electrons. The molecule has 0 fully saturated rings. The summed E-state index contributed by atoms with van der Waals surface area (Å²) in [6.07, 6.45) is 8.83. The number of carboxylic acids is 1. The molecule has 0 spiro atoms. The predicted octanol–water partition coefficient (Wildman–Crippen LogP) is 0.238. The smallest absolute Gasteiger partial charge is 0.545 e. The average molecular weight is 462 g/mol. The minimum atomic E-state index is -1.52. The monoisotopic (exact) mass is 462 g/mol. The van der Waals surface area contributed by atoms with Gasteiger partial charge < -0.3 is 19.4 Å². The van der Waals surface area contributed by atoms with E-state index in [1.807, 2.05) is 0 Å². The van der Waals surface area contributed by atoms with E-state index in [4.69, 9.17) is 22.3 Å². The van der Waals surface area contributed by atoms with Gasteiger partial charge >= 0.3 is 41.7 Å². The van der Waals surface area contributed by atoms with Crippen molar-refractivity contribution in [3.05, 3.63) is 83.4 Å². The third-order valence-electron chi connectivity index (χ3n) is 4.08. The van der Waals surface area contributed by atoms with Crippen LogP contribution in [0.4, 0.5) is 21.0 Å². The van der Waals surface area contributed by atoms with E-state index in [0.29, 0.717) is 11.1 Å². The molecular formula is C25H15N2NaO6. The fraction of sp³-hybridized carbons (Fsp3) is 0. The summed E-state index contributed by atoms with van der Waals surface area (Å²) in [6, 6.07) is 16.1. The first-order chi connectivity index (χ1) is 15.9. The van der Waals surface area contributed by atoms with Crippen LogP contribution in [-0.4, -0.2) is 18.2 Å². The molecule has 9 heteroatoms. The second-order valence-corrected chi connectivity index (χ2v) is 6.46. The summed E-state index contributed by atoms with van der Waals surface area (Å²) < 4.78 is 10.3. The number of benzene rings is 3. The number of aromatic carboxylic acids is 1. The summed E-state index contributed by atoms with van der Waals surface area (Å²) in [4.78, 5) is 35.8. The molecule has 0 heterocycles. The zero-order valence-electron chi connectivity index (χ0n) is 18.0. The van der Waals surface area contributed by atoms with Gasteiger partial charge in [0.1, 0.15) is 11.5 Å². The van der Waals surface area contributed by atoms with Crippen molar-refractivity contribution in [1.82, 2.24) is 0 Å². The molecule has 0 unspecified atom stereocenters. The molecule has 0 aliphatic carbocycles. The number of anilines is 2. The number of carbonyl (C=O) groups excluding carboxylic acids is 3. The van der Waals surface area contributed by atoms with Gasteiger partial charge in [0.05, 0.1) is 5.97 Å². The van der Waals surface area contributed by atoms with Crippen LogP contribution in [0, 0.1) is 24.7 Å². The van der Waals surface area contributed by atoms with Crippen molar-refractivity contribution >= 4 is 29.5 Å². The van der Waals surface area contributed by atoms with E-state index in [-0.39, 0.29) is 58.0 Å². The van der Waals surface area contributed by atoms with E-state index >= 15 is 0 Å². The maximum atomic E-state index is 12.2. The molecule has 3 rings (SSSR count). The topological polar surface area (TPSA) is 117 Å². The van der Waals surface area contributed by atoms with Crippen molar-refractivity contribution in [3.8, 4) is 36.2 Å². The largest absolute Gasteiger partial charge is 1.00 e. The Bertz CT molecular complexity index is 1230. The number of ether oxygens (including phenoxy) is 2. The summed E-state index contributed by atoms with van der Waals surface area (Å²) >= 11 is 0. The van der Waals surface area contributed by atoms with Gasteiger partial charge in [0.25, 0.3) is 0 Å². The molecule has 162 valence electrons. The van der Waals surface area contributed by atoms with Gasteiger partial charge in [-0.25, -0.2) is 9.59 Å². The second-order valence-electron chi connectivity index (χ2n) is 6.46. The minimum absolute atomic E-state index is 0. The molecule has 34 heavy (non-hydrogen) atoms. The molecule has 8 nitrogen and oxygen atoms in total. The number of hydrogen-bond acceptors (Lipinski definition) is 6. The summed E-state index contributed by atoms with van der Waals surface area (Å²) in [5.41, 5.74) is 0.777. The fourth-order valence-electron chi connectivity index (χ4n) is 2.69. The molecule has 2 amide bonds. The zero-order valence-corrected chi connectivity index (χ0v) is 20.0. The third-order valence-corrected chi connectivity index (χ3v) is 4.08. The molecule has 0 atom stereocenters. The number of rotatable bonds is 5. The molecule has 0 saturated heterocycles. The molecular weight excluding hydrogens is 447 g/mol. The summed E-state index contributed by atoms with van der Waals surface area (Å²) in [7, 11) is 0. The van der Waals surface area contributed by atoms with E-state index in [9.17, 15) is 19.5 Å². The zero-order chi connectivity index (χ0) is 23.8. The molecule has 3 aromatic rings. The second kappa shape index (κ2) is 12.1. The van der Waals surface area contributed by atoms with Crippen LogP contribution in [0.1, 0.15) is 21.5 Å². The maximum Gasteiger partial charge on any atom is 1.00 e. The molecule has 3 aromatic carbocycles. The first-order valence-electron chi connectivity index (χ1n) is 9.34. The molecule has 0 bridgehead atoms. The van der Waals surface area contributed by atoms with Crippen LogP contribution in [-0.2, 0) is 0 Å². The molecule has 2 N–H and O–H groups in total. The van der Waals surface area contributed by atoms with Crippen molar-refractivity contribution in [3.63, 3.8) is 0 Å². The maximum absolute atomic E-state index is 12.2. The normalized spacial score (nSPS) is 9.35. The number of nitrogens with one attached hydrogen (secondary N) is 2. The van der Waals surface area contributed by atoms with Gasteiger partial charge in [-0.1, -0.05) is 24.0 Å². The van der Waals surface area contributed by atoms with Crippen LogP contribution >= 0.6 is 0 Å². The van der Waals surface area contributed by atoms with Crippen molar-refractivity contribution in [1.29, 1.82) is 0 Å². The quantitative estimate of drug-likeness (QED) is 0.415. The van der Waals surface area contributed by atoms with E-state index < -0.39 is 18.2 Å². The van der Waals surface area contributed by atoms with Gasteiger partial charge in [-0.3, -0.25) is 10.6 Å². The number of terminal acetylenes is 2. The Labute approximate surface area is 217 Å². The van der Waals surface area contributed by atoms with Gasteiger partial charge in [0.2, 0.25) is 0 Å². The Kier molecular flexibility index (Phi) is 9.30. The van der Waals surface area contributed by atoms with Crippen molar-refractivity contribution in [2.45, 2.75) is 0 Å². The fourth-order valence-corrected chi connectivity index (χ4v) is 2.69. The van der Waals surface area contributed by atoms with Gasteiger partial charge in [-0.15, -0.1) is 12.8 Å². The SMILES string of the molecule is C#Cc1cccc(OC(=O)Nc2cc(NC(=O)Oc3cccc(C#C)c3)cc(C(=O)[O-])c2)c1.[Na+]. The van der Waals surface area contributed by atoms with E-state index in [1.165, 1.54) is 30.3 Å². The molecule has 0 saturated carbocycles. The van der Waals surface area contributed by atoms with Crippen LogP contribution in [0.2, 0.25) is 0 Å². The van der Waals surface area contributed by atoms with Crippen molar-refractivity contribution < 1.29 is 58.5 Å². The Balaban J connectivity index is 0.00000408. The van der Waals surface area contributed by atoms with Crippen LogP contribution in [0.3, 0.4) is 0 Å². The van der Waals surface area contributed by atoms with E-state index in [0.717, 1.165) is 12.1 Å². The minimum Gasteiger partial charge on any atom is -0.545 e. The summed E-state index contributed by atoms with van der Waals surface area (Å²) in [5.74, 6) is 3.69.